The van der Waals surface area contributed by atoms with Crippen LogP contribution in [-0.4, -0.2) is 32.7 Å². The predicted octanol–water partition coefficient (Wildman–Crippen LogP) is 4.18. The van der Waals surface area contributed by atoms with Crippen LogP contribution in [0, 0.1) is 0 Å². The van der Waals surface area contributed by atoms with Gasteiger partial charge in [-0.3, -0.25) is 10.1 Å². The molecule has 7 nitrogen and oxygen atoms in total. The van der Waals surface area contributed by atoms with Crippen molar-refractivity contribution < 1.29 is 14.3 Å². The molecule has 2 heterocycles. The van der Waals surface area contributed by atoms with Gasteiger partial charge in [-0.15, -0.1) is 11.3 Å². The van der Waals surface area contributed by atoms with Crippen molar-refractivity contribution in [2.45, 2.75) is 13.0 Å². The van der Waals surface area contributed by atoms with E-state index < -0.39 is 18.0 Å². The van der Waals surface area contributed by atoms with Gasteiger partial charge in [-0.1, -0.05) is 30.3 Å². The maximum Gasteiger partial charge on any atom is 0.338 e. The molecule has 4 aromatic rings. The van der Waals surface area contributed by atoms with Crippen molar-refractivity contribution in [3.63, 3.8) is 0 Å². The van der Waals surface area contributed by atoms with E-state index in [2.05, 4.69) is 15.4 Å². The van der Waals surface area contributed by atoms with E-state index in [-0.39, 0.29) is 0 Å². The molecule has 1 amide bonds. The molecule has 8 heteroatoms. The predicted molar refractivity (Wildman–Crippen MR) is 115 cm³/mol. The van der Waals surface area contributed by atoms with Gasteiger partial charge in [-0.25, -0.2) is 14.5 Å². The summed E-state index contributed by atoms with van der Waals surface area (Å²) in [7, 11) is 0. The van der Waals surface area contributed by atoms with E-state index in [4.69, 9.17) is 4.74 Å². The van der Waals surface area contributed by atoms with Gasteiger partial charge in [0.25, 0.3) is 5.91 Å². The number of nitrogens with zero attached hydrogens (tertiary/aromatic N) is 3. The van der Waals surface area contributed by atoms with Crippen LogP contribution in [0.5, 0.6) is 0 Å². The molecule has 0 fully saturated rings. The second-order valence-electron chi connectivity index (χ2n) is 6.44. The second-order valence-corrected chi connectivity index (χ2v) is 7.30. The summed E-state index contributed by atoms with van der Waals surface area (Å²) in [5, 5.41) is 9.15. The Morgan fingerprint density at radius 1 is 1.07 bits per heavy atom. The van der Waals surface area contributed by atoms with E-state index in [1.54, 1.807) is 35.1 Å². The highest BCUT2D eigenvalue weighted by Gasteiger charge is 2.20. The molecule has 2 aromatic carbocycles. The number of rotatable bonds is 6. The summed E-state index contributed by atoms with van der Waals surface area (Å²) in [4.78, 5) is 29.2. The van der Waals surface area contributed by atoms with Crippen molar-refractivity contribution in [1.29, 1.82) is 0 Å². The first-order valence-corrected chi connectivity index (χ1v) is 10.1. The Bertz CT molecular complexity index is 1140. The SMILES string of the molecule is CC(OC(=O)c1ccc(-n2cccn2)cc1)C(=O)Nc1nc(-c2ccccc2)cs1. The Kier molecular flexibility index (Phi) is 5.67. The number of carbonyl (C=O) groups is 2. The molecule has 4 rings (SSSR count). The number of ether oxygens (including phenoxy) is 1. The van der Waals surface area contributed by atoms with Crippen LogP contribution in [0.3, 0.4) is 0 Å². The Labute approximate surface area is 177 Å². The highest BCUT2D eigenvalue weighted by atomic mass is 32.1. The molecule has 0 aliphatic carbocycles. The lowest BCUT2D eigenvalue weighted by Gasteiger charge is -2.12. The van der Waals surface area contributed by atoms with Gasteiger partial charge in [0, 0.05) is 23.3 Å². The van der Waals surface area contributed by atoms with E-state index in [1.807, 2.05) is 48.0 Å². The third-order valence-corrected chi connectivity index (χ3v) is 5.09. The van der Waals surface area contributed by atoms with E-state index in [1.165, 1.54) is 18.3 Å². The van der Waals surface area contributed by atoms with Gasteiger partial charge in [-0.2, -0.15) is 5.10 Å². The molecule has 30 heavy (non-hydrogen) atoms. The summed E-state index contributed by atoms with van der Waals surface area (Å²) >= 11 is 1.31. The zero-order valence-corrected chi connectivity index (χ0v) is 16.9. The molecule has 0 saturated carbocycles. The van der Waals surface area contributed by atoms with Gasteiger partial charge in [-0.05, 0) is 37.3 Å². The van der Waals surface area contributed by atoms with Gasteiger partial charge in [0.2, 0.25) is 0 Å². The number of hydrogen-bond acceptors (Lipinski definition) is 6. The van der Waals surface area contributed by atoms with Crippen LogP contribution in [-0.2, 0) is 9.53 Å². The number of hydrogen-bond donors (Lipinski definition) is 1. The maximum atomic E-state index is 12.4. The Hall–Kier alpha value is -3.78. The molecule has 0 aliphatic heterocycles. The lowest BCUT2D eigenvalue weighted by molar-refractivity contribution is -0.123. The molecule has 0 aliphatic rings. The molecular weight excluding hydrogens is 400 g/mol. The topological polar surface area (TPSA) is 86.1 Å². The summed E-state index contributed by atoms with van der Waals surface area (Å²) < 4.78 is 6.98. The quantitative estimate of drug-likeness (QED) is 0.475. The van der Waals surface area contributed by atoms with E-state index >= 15 is 0 Å². The van der Waals surface area contributed by atoms with E-state index in [0.29, 0.717) is 10.7 Å². The third-order valence-electron chi connectivity index (χ3n) is 4.33. The first-order valence-electron chi connectivity index (χ1n) is 9.23. The highest BCUT2D eigenvalue weighted by Crippen LogP contribution is 2.24. The molecule has 0 bridgehead atoms. The fourth-order valence-electron chi connectivity index (χ4n) is 2.73. The van der Waals surface area contributed by atoms with Crippen molar-refractivity contribution in [3.05, 3.63) is 84.0 Å². The number of benzene rings is 2. The van der Waals surface area contributed by atoms with Crippen LogP contribution in [0.2, 0.25) is 0 Å². The minimum Gasteiger partial charge on any atom is -0.449 e. The van der Waals surface area contributed by atoms with Crippen LogP contribution < -0.4 is 5.32 Å². The zero-order chi connectivity index (χ0) is 20.9. The number of aromatic nitrogens is 3. The smallest absolute Gasteiger partial charge is 0.338 e. The average molecular weight is 418 g/mol. The van der Waals surface area contributed by atoms with Crippen molar-refractivity contribution >= 4 is 28.3 Å². The maximum absolute atomic E-state index is 12.4. The number of carbonyl (C=O) groups excluding carboxylic acids is 2. The van der Waals surface area contributed by atoms with Crippen LogP contribution in [0.4, 0.5) is 5.13 Å². The van der Waals surface area contributed by atoms with E-state index in [0.717, 1.165) is 16.9 Å². The molecule has 0 saturated heterocycles. The molecule has 0 spiro atoms. The average Bonchev–Trinajstić information content (AvgIpc) is 3.47. The van der Waals surface area contributed by atoms with Gasteiger partial charge in [0.05, 0.1) is 16.9 Å². The number of esters is 1. The molecule has 2 aromatic heterocycles. The standard InChI is InChI=1S/C22H18N4O3S/c1-15(20(27)25-22-24-19(14-30-22)16-6-3-2-4-7-16)29-21(28)17-8-10-18(11-9-17)26-13-5-12-23-26/h2-15H,1H3,(H,24,25,27). The van der Waals surface area contributed by atoms with E-state index in [9.17, 15) is 9.59 Å². The van der Waals surface area contributed by atoms with Gasteiger partial charge < -0.3 is 4.74 Å². The van der Waals surface area contributed by atoms with Crippen molar-refractivity contribution in [1.82, 2.24) is 14.8 Å². The third kappa shape index (κ3) is 4.44. The summed E-state index contributed by atoms with van der Waals surface area (Å²) in [6.45, 7) is 1.52. The minimum atomic E-state index is -0.965. The van der Waals surface area contributed by atoms with Gasteiger partial charge in [0.1, 0.15) is 0 Å². The van der Waals surface area contributed by atoms with Crippen LogP contribution in [0.1, 0.15) is 17.3 Å². The normalized spacial score (nSPS) is 11.6. The van der Waals surface area contributed by atoms with Gasteiger partial charge in [0.15, 0.2) is 11.2 Å². The van der Waals surface area contributed by atoms with Crippen molar-refractivity contribution in [2.24, 2.45) is 0 Å². The first kappa shape index (κ1) is 19.5. The highest BCUT2D eigenvalue weighted by molar-refractivity contribution is 7.14. The first-order chi connectivity index (χ1) is 14.6. The molecule has 1 N–H and O–H groups in total. The van der Waals surface area contributed by atoms with Gasteiger partial charge >= 0.3 is 5.97 Å². The summed E-state index contributed by atoms with van der Waals surface area (Å²) in [5.41, 5.74) is 2.91. The number of anilines is 1. The number of thiazole rings is 1. The number of amides is 1. The number of nitrogens with one attached hydrogen (secondary N) is 1. The fraction of sp³-hybridized carbons (Fsp3) is 0.0909. The van der Waals surface area contributed by atoms with Crippen molar-refractivity contribution in [3.8, 4) is 16.9 Å². The molecule has 150 valence electrons. The minimum absolute atomic E-state index is 0.353. The summed E-state index contributed by atoms with van der Waals surface area (Å²) in [5.74, 6) is -1.01. The molecule has 1 atom stereocenters. The second kappa shape index (κ2) is 8.71. The summed E-state index contributed by atoms with van der Waals surface area (Å²) in [6, 6.07) is 18.3. The van der Waals surface area contributed by atoms with Crippen LogP contribution in [0.15, 0.2) is 78.4 Å². The fourth-order valence-corrected chi connectivity index (χ4v) is 3.46. The largest absolute Gasteiger partial charge is 0.449 e. The Balaban J connectivity index is 1.35. The monoisotopic (exact) mass is 418 g/mol. The lowest BCUT2D eigenvalue weighted by atomic mass is 10.2. The molecule has 1 unspecified atom stereocenters. The van der Waals surface area contributed by atoms with Crippen molar-refractivity contribution in [2.75, 3.05) is 5.32 Å². The lowest BCUT2D eigenvalue weighted by Crippen LogP contribution is -2.30. The Morgan fingerprint density at radius 3 is 2.53 bits per heavy atom. The Morgan fingerprint density at radius 2 is 1.83 bits per heavy atom. The zero-order valence-electron chi connectivity index (χ0n) is 16.1. The molecular formula is C22H18N4O3S. The van der Waals surface area contributed by atoms with Crippen LogP contribution in [0.25, 0.3) is 16.9 Å². The summed E-state index contributed by atoms with van der Waals surface area (Å²) in [6.07, 6.45) is 2.52. The van der Waals surface area contributed by atoms with Crippen LogP contribution >= 0.6 is 11.3 Å². The molecule has 0 radical (unpaired) electrons.